The fourth-order valence-corrected chi connectivity index (χ4v) is 3.87. The van der Waals surface area contributed by atoms with Crippen LogP contribution in [0.3, 0.4) is 0 Å². The van der Waals surface area contributed by atoms with Gasteiger partial charge >= 0.3 is 0 Å². The Hall–Kier alpha value is -4.26. The van der Waals surface area contributed by atoms with Crippen LogP contribution < -0.4 is 9.80 Å². The quantitative estimate of drug-likeness (QED) is 0.345. The third-order valence-corrected chi connectivity index (χ3v) is 5.52. The van der Waals surface area contributed by atoms with Gasteiger partial charge in [0.05, 0.1) is 10.6 Å². The zero-order valence-corrected chi connectivity index (χ0v) is 17.2. The summed E-state index contributed by atoms with van der Waals surface area (Å²) in [4.78, 5) is 31.7. The molecule has 0 atom stereocenters. The molecule has 0 unspecified atom stereocenters. The normalized spacial score (nSPS) is 13.7. The molecule has 0 saturated carbocycles. The number of nitriles is 1. The lowest BCUT2D eigenvalue weighted by atomic mass is 10.1. The molecular formula is C22H19FN6O3. The predicted octanol–water partition coefficient (Wildman–Crippen LogP) is 2.90. The average Bonchev–Trinajstić information content (AvgIpc) is 3.24. The molecule has 162 valence electrons. The number of nitrogens with zero attached hydrogens (tertiary/aromatic N) is 6. The lowest BCUT2D eigenvalue weighted by Gasteiger charge is -2.37. The molecule has 1 fully saturated rings. The molecule has 3 aromatic rings. The summed E-state index contributed by atoms with van der Waals surface area (Å²) in [7, 11) is 1.68. The predicted molar refractivity (Wildman–Crippen MR) is 115 cm³/mol. The molecule has 0 bridgehead atoms. The van der Waals surface area contributed by atoms with Crippen molar-refractivity contribution in [2.75, 3.05) is 36.0 Å². The number of benzene rings is 2. The van der Waals surface area contributed by atoms with E-state index in [1.165, 1.54) is 18.3 Å². The van der Waals surface area contributed by atoms with Gasteiger partial charge < -0.3 is 14.4 Å². The van der Waals surface area contributed by atoms with E-state index >= 15 is 0 Å². The first kappa shape index (κ1) is 21.0. The first-order valence-electron chi connectivity index (χ1n) is 9.89. The van der Waals surface area contributed by atoms with Gasteiger partial charge in [-0.2, -0.15) is 5.26 Å². The van der Waals surface area contributed by atoms with Gasteiger partial charge in [0.1, 0.15) is 23.1 Å². The molecule has 1 aliphatic rings. The Morgan fingerprint density at radius 2 is 1.84 bits per heavy atom. The van der Waals surface area contributed by atoms with Gasteiger partial charge in [0, 0.05) is 57.3 Å². The molecule has 4 rings (SSSR count). The van der Waals surface area contributed by atoms with Crippen molar-refractivity contribution in [3.05, 3.63) is 81.7 Å². The summed E-state index contributed by atoms with van der Waals surface area (Å²) >= 11 is 0. The number of imidazole rings is 1. The standard InChI is InChI=1S/C22H19FN6O3/c1-26-8-7-25-22(26)21(30)15-5-6-19(20(13-15)29(31)32)28-11-9-27(10-12-28)18-4-2-3-17(23)16(18)14-24/h2-8,13H,9-12H2,1H3. The number of aryl methyl sites for hydroxylation is 1. The molecule has 0 spiro atoms. The monoisotopic (exact) mass is 434 g/mol. The molecule has 0 aliphatic carbocycles. The number of nitro benzene ring substituents is 1. The van der Waals surface area contributed by atoms with E-state index in [-0.39, 0.29) is 22.6 Å². The summed E-state index contributed by atoms with van der Waals surface area (Å²) in [6, 6.07) is 10.8. The average molecular weight is 434 g/mol. The molecule has 1 aliphatic heterocycles. The van der Waals surface area contributed by atoms with Crippen molar-refractivity contribution in [2.24, 2.45) is 7.05 Å². The summed E-state index contributed by atoms with van der Waals surface area (Å²) in [6.45, 7) is 1.80. The van der Waals surface area contributed by atoms with Crippen molar-refractivity contribution in [2.45, 2.75) is 0 Å². The Morgan fingerprint density at radius 3 is 2.44 bits per heavy atom. The Balaban J connectivity index is 1.57. The Labute approximate surface area is 183 Å². The molecule has 2 heterocycles. The van der Waals surface area contributed by atoms with E-state index in [0.29, 0.717) is 37.6 Å². The highest BCUT2D eigenvalue weighted by atomic mass is 19.1. The van der Waals surface area contributed by atoms with Gasteiger partial charge in [-0.25, -0.2) is 9.37 Å². The van der Waals surface area contributed by atoms with Crippen molar-refractivity contribution < 1.29 is 14.1 Å². The SMILES string of the molecule is Cn1ccnc1C(=O)c1ccc(N2CCN(c3cccc(F)c3C#N)CC2)c([N+](=O)[O-])c1. The minimum Gasteiger partial charge on any atom is -0.367 e. The van der Waals surface area contributed by atoms with E-state index in [9.17, 15) is 24.6 Å². The highest BCUT2D eigenvalue weighted by Crippen LogP contribution is 2.32. The lowest BCUT2D eigenvalue weighted by molar-refractivity contribution is -0.384. The number of rotatable bonds is 5. The number of hydrogen-bond donors (Lipinski definition) is 0. The zero-order valence-electron chi connectivity index (χ0n) is 17.2. The lowest BCUT2D eigenvalue weighted by Crippen LogP contribution is -2.47. The molecule has 2 aromatic carbocycles. The van der Waals surface area contributed by atoms with Crippen LogP contribution in [0.5, 0.6) is 0 Å². The topological polar surface area (TPSA) is 108 Å². The largest absolute Gasteiger partial charge is 0.367 e. The number of ketones is 1. The van der Waals surface area contributed by atoms with Crippen molar-refractivity contribution in [3.8, 4) is 6.07 Å². The maximum absolute atomic E-state index is 14.0. The molecule has 10 heteroatoms. The highest BCUT2D eigenvalue weighted by molar-refractivity contribution is 6.07. The molecule has 1 aromatic heterocycles. The Kier molecular flexibility index (Phi) is 5.55. The first-order valence-corrected chi connectivity index (χ1v) is 9.89. The molecule has 0 amide bonds. The van der Waals surface area contributed by atoms with Crippen LogP contribution in [-0.4, -0.2) is 46.4 Å². The fourth-order valence-electron chi connectivity index (χ4n) is 3.87. The van der Waals surface area contributed by atoms with E-state index in [0.717, 1.165) is 0 Å². The van der Waals surface area contributed by atoms with E-state index in [1.54, 1.807) is 42.1 Å². The number of hydrogen-bond acceptors (Lipinski definition) is 7. The summed E-state index contributed by atoms with van der Waals surface area (Å²) in [5.41, 5.74) is 0.932. The van der Waals surface area contributed by atoms with Crippen molar-refractivity contribution >= 4 is 22.8 Å². The van der Waals surface area contributed by atoms with Crippen LogP contribution in [0.2, 0.25) is 0 Å². The Morgan fingerprint density at radius 1 is 1.16 bits per heavy atom. The van der Waals surface area contributed by atoms with Crippen LogP contribution in [0, 0.1) is 27.3 Å². The summed E-state index contributed by atoms with van der Waals surface area (Å²) < 4.78 is 15.5. The van der Waals surface area contributed by atoms with E-state index < -0.39 is 16.5 Å². The smallest absolute Gasteiger partial charge is 0.293 e. The number of nitro groups is 1. The molecule has 32 heavy (non-hydrogen) atoms. The maximum atomic E-state index is 14.0. The van der Waals surface area contributed by atoms with Crippen LogP contribution >= 0.6 is 0 Å². The summed E-state index contributed by atoms with van der Waals surface area (Å²) in [6.07, 6.45) is 3.12. The third kappa shape index (κ3) is 3.76. The number of halogens is 1. The summed E-state index contributed by atoms with van der Waals surface area (Å²) in [5.74, 6) is -0.771. The van der Waals surface area contributed by atoms with Crippen LogP contribution in [0.25, 0.3) is 0 Å². The highest BCUT2D eigenvalue weighted by Gasteiger charge is 2.27. The minimum absolute atomic E-state index is 0.0101. The number of anilines is 2. The third-order valence-electron chi connectivity index (χ3n) is 5.52. The van der Waals surface area contributed by atoms with E-state index in [4.69, 9.17) is 0 Å². The van der Waals surface area contributed by atoms with Crippen LogP contribution in [-0.2, 0) is 7.05 Å². The minimum atomic E-state index is -0.573. The van der Waals surface area contributed by atoms with Crippen molar-refractivity contribution in [3.63, 3.8) is 0 Å². The number of piperazine rings is 1. The van der Waals surface area contributed by atoms with Gasteiger partial charge in [-0.1, -0.05) is 6.07 Å². The van der Waals surface area contributed by atoms with Crippen molar-refractivity contribution in [1.82, 2.24) is 9.55 Å². The zero-order chi connectivity index (χ0) is 22.8. The molecule has 0 radical (unpaired) electrons. The summed E-state index contributed by atoms with van der Waals surface area (Å²) in [5, 5.41) is 21.0. The van der Waals surface area contributed by atoms with E-state index in [1.807, 2.05) is 15.9 Å². The number of carbonyl (C=O) groups is 1. The molecular weight excluding hydrogens is 415 g/mol. The fraction of sp³-hybridized carbons (Fsp3) is 0.227. The van der Waals surface area contributed by atoms with E-state index in [2.05, 4.69) is 4.98 Å². The maximum Gasteiger partial charge on any atom is 0.293 e. The van der Waals surface area contributed by atoms with Gasteiger partial charge in [0.25, 0.3) is 5.69 Å². The second-order valence-corrected chi connectivity index (χ2v) is 7.37. The molecule has 0 N–H and O–H groups in total. The second-order valence-electron chi connectivity index (χ2n) is 7.37. The number of aromatic nitrogens is 2. The van der Waals surface area contributed by atoms with Crippen LogP contribution in [0.1, 0.15) is 21.7 Å². The van der Waals surface area contributed by atoms with Crippen LogP contribution in [0.15, 0.2) is 48.8 Å². The molecule has 1 saturated heterocycles. The van der Waals surface area contributed by atoms with Gasteiger partial charge in [-0.3, -0.25) is 14.9 Å². The van der Waals surface area contributed by atoms with Crippen LogP contribution in [0.4, 0.5) is 21.5 Å². The van der Waals surface area contributed by atoms with Crippen molar-refractivity contribution in [1.29, 1.82) is 5.26 Å². The van der Waals surface area contributed by atoms with Gasteiger partial charge in [0.2, 0.25) is 5.78 Å². The number of carbonyl (C=O) groups excluding carboxylic acids is 1. The molecule has 9 nitrogen and oxygen atoms in total. The Bertz CT molecular complexity index is 1240. The second kappa shape index (κ2) is 8.47. The van der Waals surface area contributed by atoms with Gasteiger partial charge in [-0.05, 0) is 24.3 Å². The first-order chi connectivity index (χ1) is 15.4. The van der Waals surface area contributed by atoms with Gasteiger partial charge in [0.15, 0.2) is 5.82 Å². The van der Waals surface area contributed by atoms with Gasteiger partial charge in [-0.15, -0.1) is 0 Å².